The van der Waals surface area contributed by atoms with E-state index in [1.165, 1.54) is 7.11 Å². The summed E-state index contributed by atoms with van der Waals surface area (Å²) in [5, 5.41) is 10.8. The third kappa shape index (κ3) is 40.2. The summed E-state index contributed by atoms with van der Waals surface area (Å²) in [6, 6.07) is 0. The molecule has 2 N–H and O–H groups in total. The van der Waals surface area contributed by atoms with Crippen molar-refractivity contribution in [2.24, 2.45) is 0 Å². The van der Waals surface area contributed by atoms with Crippen molar-refractivity contribution in [1.29, 1.82) is 10.8 Å². The summed E-state index contributed by atoms with van der Waals surface area (Å²) in [5.74, 6) is -0.347. The molecule has 6 heteroatoms. The van der Waals surface area contributed by atoms with Crippen molar-refractivity contribution in [3.05, 3.63) is 12.2 Å². The van der Waals surface area contributed by atoms with Gasteiger partial charge >= 0.3 is 5.97 Å². The van der Waals surface area contributed by atoms with Crippen molar-refractivity contribution in [3.8, 4) is 0 Å². The number of hydrogen-bond acceptors (Lipinski definition) is 6. The number of ether oxygens (including phenoxy) is 1. The summed E-state index contributed by atoms with van der Waals surface area (Å²) in [6.45, 7) is 4.95. The first-order chi connectivity index (χ1) is 6.01. The van der Waals surface area contributed by atoms with Gasteiger partial charge in [0.1, 0.15) is 0 Å². The molecule has 0 aromatic heterocycles. The third-order valence-electron chi connectivity index (χ3n) is 0.534. The Morgan fingerprint density at radius 3 is 1.54 bits per heavy atom. The average Bonchev–Trinajstić information content (AvgIpc) is 2.05. The Kier molecular flexibility index (Phi) is 21.8. The number of carbonyl (C=O) groups is 1. The predicted octanol–water partition coefficient (Wildman–Crippen LogP) is 0.537. The number of methoxy groups -OCH3 is 1. The zero-order valence-electron chi connectivity index (χ0n) is 7.34. The first-order valence-electron chi connectivity index (χ1n) is 2.83. The Morgan fingerprint density at radius 2 is 1.54 bits per heavy atom. The van der Waals surface area contributed by atoms with Gasteiger partial charge in [0.25, 0.3) is 0 Å². The SMILES string of the molecule is C=C(C)C(=O)OC.N=C=O.N=C=O. The lowest BCUT2D eigenvalue weighted by Crippen LogP contribution is -1.98. The van der Waals surface area contributed by atoms with Crippen LogP contribution in [0.25, 0.3) is 0 Å². The highest BCUT2D eigenvalue weighted by molar-refractivity contribution is 5.86. The van der Waals surface area contributed by atoms with Gasteiger partial charge < -0.3 is 4.74 Å². The minimum absolute atomic E-state index is 0.347. The van der Waals surface area contributed by atoms with Gasteiger partial charge in [-0.3, -0.25) is 0 Å². The number of rotatable bonds is 1. The molecule has 0 bridgehead atoms. The maximum atomic E-state index is 10.2. The maximum absolute atomic E-state index is 10.2. The van der Waals surface area contributed by atoms with Crippen molar-refractivity contribution in [3.63, 3.8) is 0 Å². The number of carbonyl (C=O) groups excluding carboxylic acids is 3. The summed E-state index contributed by atoms with van der Waals surface area (Å²) >= 11 is 0. The fourth-order valence-corrected chi connectivity index (χ4v) is 0.174. The lowest BCUT2D eigenvalue weighted by atomic mass is 10.4. The third-order valence-corrected chi connectivity index (χ3v) is 0.534. The summed E-state index contributed by atoms with van der Waals surface area (Å²) in [7, 11) is 1.33. The topological polar surface area (TPSA) is 108 Å². The van der Waals surface area contributed by atoms with Crippen LogP contribution in [0.2, 0.25) is 0 Å². The zero-order valence-corrected chi connectivity index (χ0v) is 7.34. The van der Waals surface area contributed by atoms with Gasteiger partial charge in [0.15, 0.2) is 0 Å². The maximum Gasteiger partial charge on any atom is 0.332 e. The fraction of sp³-hybridized carbons (Fsp3) is 0.286. The molecular weight excluding hydrogens is 176 g/mol. The molecule has 0 aliphatic rings. The Balaban J connectivity index is -0.000000140. The minimum Gasteiger partial charge on any atom is -0.466 e. The van der Waals surface area contributed by atoms with Crippen molar-refractivity contribution < 1.29 is 19.1 Å². The lowest BCUT2D eigenvalue weighted by molar-refractivity contribution is -0.136. The smallest absolute Gasteiger partial charge is 0.332 e. The first kappa shape index (κ1) is 17.2. The lowest BCUT2D eigenvalue weighted by Gasteiger charge is -1.91. The van der Waals surface area contributed by atoms with Crippen molar-refractivity contribution in [1.82, 2.24) is 0 Å². The molecule has 0 saturated carbocycles. The normalized spacial score (nSPS) is 5.38. The largest absolute Gasteiger partial charge is 0.466 e. The van der Waals surface area contributed by atoms with E-state index in [1.807, 2.05) is 0 Å². The Labute approximate surface area is 75.2 Å². The molecule has 0 heterocycles. The molecule has 0 aliphatic heterocycles. The second kappa shape index (κ2) is 16.5. The molecule has 0 aromatic carbocycles. The molecule has 0 fully saturated rings. The zero-order chi connectivity index (χ0) is 11.3. The van der Waals surface area contributed by atoms with Gasteiger partial charge in [0.05, 0.1) is 7.11 Å². The first-order valence-corrected chi connectivity index (χ1v) is 2.83. The quantitative estimate of drug-likeness (QED) is 0.269. The molecule has 0 spiro atoms. The van der Waals surface area contributed by atoms with E-state index in [9.17, 15) is 4.79 Å². The van der Waals surface area contributed by atoms with Gasteiger partial charge in [0.2, 0.25) is 12.2 Å². The number of esters is 1. The second-order valence-electron chi connectivity index (χ2n) is 1.48. The van der Waals surface area contributed by atoms with Gasteiger partial charge in [-0.15, -0.1) is 0 Å². The molecule has 6 nitrogen and oxygen atoms in total. The summed E-state index contributed by atoms with van der Waals surface area (Å²) in [6.07, 6.45) is 1.50. The monoisotopic (exact) mass is 186 g/mol. The van der Waals surface area contributed by atoms with E-state index >= 15 is 0 Å². The minimum atomic E-state index is -0.347. The van der Waals surface area contributed by atoms with Crippen LogP contribution < -0.4 is 0 Å². The van der Waals surface area contributed by atoms with Gasteiger partial charge in [-0.1, -0.05) is 6.58 Å². The molecule has 0 saturated heterocycles. The van der Waals surface area contributed by atoms with Gasteiger partial charge in [-0.05, 0) is 6.92 Å². The standard InChI is InChI=1S/C5H8O2.2CHNO/c1-4(2)5(6)7-3;2*2-1-3/h1H2,2-3H3;2*2H. The molecule has 0 atom stereocenters. The molecule has 0 radical (unpaired) electrons. The summed E-state index contributed by atoms with van der Waals surface area (Å²) in [4.78, 5) is 26.9. The van der Waals surface area contributed by atoms with Gasteiger partial charge in [-0.25, -0.2) is 25.2 Å². The molecule has 0 aromatic rings. The van der Waals surface area contributed by atoms with Crippen LogP contribution >= 0.6 is 0 Å². The van der Waals surface area contributed by atoms with Crippen LogP contribution in [0.5, 0.6) is 0 Å². The number of isocyanates is 2. The van der Waals surface area contributed by atoms with Crippen LogP contribution in [0.1, 0.15) is 6.92 Å². The van der Waals surface area contributed by atoms with E-state index in [2.05, 4.69) is 11.3 Å². The van der Waals surface area contributed by atoms with Crippen LogP contribution in [0, 0.1) is 10.8 Å². The molecule has 0 aliphatic carbocycles. The van der Waals surface area contributed by atoms with Crippen LogP contribution in [0.15, 0.2) is 12.2 Å². The second-order valence-corrected chi connectivity index (χ2v) is 1.48. The van der Waals surface area contributed by atoms with Crippen molar-refractivity contribution in [2.45, 2.75) is 6.92 Å². The van der Waals surface area contributed by atoms with Crippen LogP contribution in [0.4, 0.5) is 0 Å². The van der Waals surface area contributed by atoms with Crippen molar-refractivity contribution in [2.75, 3.05) is 7.11 Å². The fourth-order valence-electron chi connectivity index (χ4n) is 0.174. The van der Waals surface area contributed by atoms with E-state index in [4.69, 9.17) is 20.4 Å². The number of hydrogen-bond donors (Lipinski definition) is 2. The molecular formula is C7H10N2O4. The molecule has 72 valence electrons. The predicted molar refractivity (Wildman–Crippen MR) is 43.7 cm³/mol. The van der Waals surface area contributed by atoms with Gasteiger partial charge in [-0.2, -0.15) is 0 Å². The number of nitrogens with one attached hydrogen (secondary N) is 2. The molecule has 0 amide bonds. The molecule has 13 heavy (non-hydrogen) atoms. The van der Waals surface area contributed by atoms with E-state index in [1.54, 1.807) is 6.92 Å². The van der Waals surface area contributed by atoms with E-state index < -0.39 is 0 Å². The van der Waals surface area contributed by atoms with Crippen LogP contribution in [-0.2, 0) is 19.1 Å². The highest BCUT2D eigenvalue weighted by atomic mass is 16.5. The average molecular weight is 186 g/mol. The Bertz CT molecular complexity index is 211. The van der Waals surface area contributed by atoms with Gasteiger partial charge in [0, 0.05) is 5.57 Å². The highest BCUT2D eigenvalue weighted by Crippen LogP contribution is 1.87. The van der Waals surface area contributed by atoms with Crippen LogP contribution in [-0.4, -0.2) is 25.2 Å². The molecule has 0 rings (SSSR count). The summed E-state index contributed by atoms with van der Waals surface area (Å²) in [5.41, 5.74) is 0.433. The molecule has 0 unspecified atom stereocenters. The highest BCUT2D eigenvalue weighted by Gasteiger charge is 1.95. The Morgan fingerprint density at radius 1 is 1.31 bits per heavy atom. The van der Waals surface area contributed by atoms with E-state index in [-0.39, 0.29) is 5.97 Å². The van der Waals surface area contributed by atoms with E-state index in [0.717, 1.165) is 12.2 Å². The Hall–Kier alpha value is -2.03. The van der Waals surface area contributed by atoms with Crippen molar-refractivity contribution >= 4 is 18.1 Å². The van der Waals surface area contributed by atoms with E-state index in [0.29, 0.717) is 5.57 Å². The van der Waals surface area contributed by atoms with Crippen LogP contribution in [0.3, 0.4) is 0 Å². The summed E-state index contributed by atoms with van der Waals surface area (Å²) < 4.78 is 4.27.